The summed E-state index contributed by atoms with van der Waals surface area (Å²) in [5.74, 6) is -0.489. The van der Waals surface area contributed by atoms with Crippen LogP contribution < -0.4 is 4.74 Å². The first-order valence-electron chi connectivity index (χ1n) is 8.13. The molecule has 4 rings (SSSR count). The van der Waals surface area contributed by atoms with Crippen molar-refractivity contribution < 1.29 is 23.6 Å². The van der Waals surface area contributed by atoms with Crippen LogP contribution in [0.5, 0.6) is 5.88 Å². The van der Waals surface area contributed by atoms with Crippen molar-refractivity contribution in [2.24, 2.45) is 5.92 Å². The fourth-order valence-corrected chi connectivity index (χ4v) is 3.62. The zero-order valence-electron chi connectivity index (χ0n) is 13.7. The summed E-state index contributed by atoms with van der Waals surface area (Å²) in [5.41, 5.74) is -0.339. The summed E-state index contributed by atoms with van der Waals surface area (Å²) in [6.45, 7) is 0.254. The third-order valence-corrected chi connectivity index (χ3v) is 4.90. The number of rotatable bonds is 4. The monoisotopic (exact) mass is 339 g/mol. The van der Waals surface area contributed by atoms with E-state index < -0.39 is 11.4 Å². The minimum Gasteiger partial charge on any atom is -0.470 e. The summed E-state index contributed by atoms with van der Waals surface area (Å²) >= 11 is 0. The summed E-state index contributed by atoms with van der Waals surface area (Å²) in [6.07, 6.45) is 4.17. The van der Waals surface area contributed by atoms with Crippen LogP contribution in [-0.2, 0) is 22.6 Å². The van der Waals surface area contributed by atoms with Gasteiger partial charge in [0.1, 0.15) is 12.2 Å². The molecule has 2 atom stereocenters. The van der Waals surface area contributed by atoms with Gasteiger partial charge in [-0.05, 0) is 23.2 Å². The molecule has 2 aliphatic rings. The molecule has 1 heterocycles. The van der Waals surface area contributed by atoms with Crippen LogP contribution in [0.4, 0.5) is 0 Å². The molecule has 128 valence electrons. The van der Waals surface area contributed by atoms with E-state index in [2.05, 4.69) is 5.16 Å². The molecule has 25 heavy (non-hydrogen) atoms. The maximum Gasteiger partial charge on any atom is 0.265 e. The van der Waals surface area contributed by atoms with Crippen molar-refractivity contribution in [3.63, 3.8) is 0 Å². The second-order valence-electron chi connectivity index (χ2n) is 6.23. The number of ketones is 2. The second kappa shape index (κ2) is 5.97. The zero-order valence-corrected chi connectivity index (χ0v) is 13.7. The van der Waals surface area contributed by atoms with Gasteiger partial charge in [0.15, 0.2) is 17.1 Å². The SMILES string of the molecule is CO[C@]12C(=O)C=CC[C@H]1Cc1onc(OCc3ccccc3)c1C2=O. The fourth-order valence-electron chi connectivity index (χ4n) is 3.62. The van der Waals surface area contributed by atoms with Crippen LogP contribution in [-0.4, -0.2) is 29.4 Å². The Hall–Kier alpha value is -2.73. The maximum atomic E-state index is 13.1. The highest BCUT2D eigenvalue weighted by atomic mass is 16.5. The molecule has 0 spiro atoms. The van der Waals surface area contributed by atoms with Crippen molar-refractivity contribution in [1.82, 2.24) is 5.16 Å². The second-order valence-corrected chi connectivity index (χ2v) is 6.23. The quantitative estimate of drug-likeness (QED) is 0.797. The third kappa shape index (κ3) is 2.33. The van der Waals surface area contributed by atoms with Crippen LogP contribution in [0.3, 0.4) is 0 Å². The van der Waals surface area contributed by atoms with Crippen molar-refractivity contribution >= 4 is 11.6 Å². The van der Waals surface area contributed by atoms with E-state index in [1.807, 2.05) is 30.3 Å². The molecule has 0 N–H and O–H groups in total. The number of nitrogens with zero attached hydrogens (tertiary/aromatic N) is 1. The molecule has 0 aliphatic heterocycles. The molecule has 0 saturated heterocycles. The van der Waals surface area contributed by atoms with Gasteiger partial charge in [-0.1, -0.05) is 36.4 Å². The van der Waals surface area contributed by atoms with E-state index in [0.717, 1.165) is 5.56 Å². The topological polar surface area (TPSA) is 78.6 Å². The van der Waals surface area contributed by atoms with Gasteiger partial charge in [0.2, 0.25) is 5.78 Å². The van der Waals surface area contributed by atoms with Gasteiger partial charge < -0.3 is 14.0 Å². The first-order valence-corrected chi connectivity index (χ1v) is 8.13. The van der Waals surface area contributed by atoms with Crippen molar-refractivity contribution in [3.05, 3.63) is 59.4 Å². The summed E-state index contributed by atoms with van der Waals surface area (Å²) in [7, 11) is 1.39. The molecule has 0 fully saturated rings. The van der Waals surface area contributed by atoms with Crippen LogP contribution in [0.1, 0.15) is 28.1 Å². The molecule has 0 radical (unpaired) electrons. The standard InChI is InChI=1S/C19H17NO5/c1-23-19-13(8-5-9-15(19)21)10-14-16(17(19)22)18(20-25-14)24-11-12-6-3-2-4-7-12/h2-7,9,13H,8,10-11H2,1H3/t13-,19-/m0/s1. The number of Topliss-reactive ketones (excluding diaryl/α,β-unsaturated/α-hetero) is 1. The molecule has 0 amide bonds. The fraction of sp³-hybridized carbons (Fsp3) is 0.316. The first kappa shape index (κ1) is 15.8. The van der Waals surface area contributed by atoms with Gasteiger partial charge in [0.25, 0.3) is 5.88 Å². The molecule has 1 aromatic carbocycles. The average Bonchev–Trinajstić information content (AvgIpc) is 3.04. The molecular formula is C19H17NO5. The lowest BCUT2D eigenvalue weighted by molar-refractivity contribution is -0.137. The van der Waals surface area contributed by atoms with E-state index in [4.69, 9.17) is 14.0 Å². The highest BCUT2D eigenvalue weighted by molar-refractivity contribution is 6.23. The molecule has 1 aromatic heterocycles. The van der Waals surface area contributed by atoms with Gasteiger partial charge >= 0.3 is 0 Å². The number of carbonyl (C=O) groups excluding carboxylic acids is 2. The maximum absolute atomic E-state index is 13.1. The minimum absolute atomic E-state index is 0.112. The molecular weight excluding hydrogens is 322 g/mol. The molecule has 0 bridgehead atoms. The number of hydrogen-bond acceptors (Lipinski definition) is 6. The van der Waals surface area contributed by atoms with E-state index in [9.17, 15) is 9.59 Å². The van der Waals surface area contributed by atoms with Crippen LogP contribution in [0, 0.1) is 5.92 Å². The number of allylic oxidation sites excluding steroid dienone is 1. The van der Waals surface area contributed by atoms with E-state index >= 15 is 0 Å². The van der Waals surface area contributed by atoms with Gasteiger partial charge in [0, 0.05) is 19.4 Å². The molecule has 0 saturated carbocycles. The van der Waals surface area contributed by atoms with Gasteiger partial charge in [-0.15, -0.1) is 0 Å². The summed E-state index contributed by atoms with van der Waals surface area (Å²) in [5, 5.41) is 3.91. The normalized spacial score (nSPS) is 24.8. The lowest BCUT2D eigenvalue weighted by atomic mass is 9.67. The number of benzene rings is 1. The number of carbonyl (C=O) groups is 2. The van der Waals surface area contributed by atoms with Crippen LogP contribution in [0.25, 0.3) is 0 Å². The Balaban J connectivity index is 1.68. The van der Waals surface area contributed by atoms with Crippen LogP contribution in [0.2, 0.25) is 0 Å². The number of methoxy groups -OCH3 is 1. The summed E-state index contributed by atoms with van der Waals surface area (Å²) in [4.78, 5) is 25.6. The van der Waals surface area contributed by atoms with Crippen LogP contribution >= 0.6 is 0 Å². The lowest BCUT2D eigenvalue weighted by Crippen LogP contribution is -2.57. The Morgan fingerprint density at radius 1 is 1.28 bits per heavy atom. The van der Waals surface area contributed by atoms with E-state index in [0.29, 0.717) is 18.6 Å². The van der Waals surface area contributed by atoms with Gasteiger partial charge in [-0.2, -0.15) is 0 Å². The number of hydrogen-bond donors (Lipinski definition) is 0. The molecule has 6 nitrogen and oxygen atoms in total. The largest absolute Gasteiger partial charge is 0.470 e. The number of ether oxygens (including phenoxy) is 2. The summed E-state index contributed by atoms with van der Waals surface area (Å²) in [6, 6.07) is 9.54. The van der Waals surface area contributed by atoms with Crippen LogP contribution in [0.15, 0.2) is 47.0 Å². The van der Waals surface area contributed by atoms with Gasteiger partial charge in [-0.3, -0.25) is 9.59 Å². The Bertz CT molecular complexity index is 854. The van der Waals surface area contributed by atoms with Crippen molar-refractivity contribution in [2.45, 2.75) is 25.0 Å². The predicted molar refractivity (Wildman–Crippen MR) is 87.3 cm³/mol. The molecule has 2 aliphatic carbocycles. The van der Waals surface area contributed by atoms with Crippen molar-refractivity contribution in [3.8, 4) is 5.88 Å². The highest BCUT2D eigenvalue weighted by Gasteiger charge is 2.58. The van der Waals surface area contributed by atoms with E-state index in [1.165, 1.54) is 13.2 Å². The zero-order chi connectivity index (χ0) is 17.4. The minimum atomic E-state index is -1.50. The first-order chi connectivity index (χ1) is 12.2. The summed E-state index contributed by atoms with van der Waals surface area (Å²) < 4.78 is 16.5. The molecule has 2 aromatic rings. The third-order valence-electron chi connectivity index (χ3n) is 4.90. The smallest absolute Gasteiger partial charge is 0.265 e. The number of aromatic nitrogens is 1. The average molecular weight is 339 g/mol. The lowest BCUT2D eigenvalue weighted by Gasteiger charge is -2.39. The van der Waals surface area contributed by atoms with Gasteiger partial charge in [-0.25, -0.2) is 0 Å². The Morgan fingerprint density at radius 2 is 2.08 bits per heavy atom. The van der Waals surface area contributed by atoms with E-state index in [1.54, 1.807) is 6.08 Å². The van der Waals surface area contributed by atoms with Gasteiger partial charge in [0.05, 0.1) is 0 Å². The Labute approximate surface area is 144 Å². The highest BCUT2D eigenvalue weighted by Crippen LogP contribution is 2.43. The molecule has 0 unspecified atom stereocenters. The molecule has 6 heteroatoms. The van der Waals surface area contributed by atoms with Crippen molar-refractivity contribution in [1.29, 1.82) is 0 Å². The number of fused-ring (bicyclic) bond motifs is 2. The van der Waals surface area contributed by atoms with Crippen molar-refractivity contribution in [2.75, 3.05) is 7.11 Å². The Morgan fingerprint density at radius 3 is 2.84 bits per heavy atom. The Kier molecular flexibility index (Phi) is 3.77. The predicted octanol–water partition coefficient (Wildman–Crippen LogP) is 2.52. The van der Waals surface area contributed by atoms with E-state index in [-0.39, 0.29) is 29.8 Å².